The summed E-state index contributed by atoms with van der Waals surface area (Å²) >= 11 is 0. The molecule has 0 saturated heterocycles. The van der Waals surface area contributed by atoms with Crippen LogP contribution in [0, 0.1) is 0 Å². The van der Waals surface area contributed by atoms with Crippen LogP contribution in [0.15, 0.2) is 0 Å². The van der Waals surface area contributed by atoms with E-state index in [1.807, 2.05) is 0 Å². The summed E-state index contributed by atoms with van der Waals surface area (Å²) in [6, 6.07) is 0. The SMILES string of the molecule is CCCCCCP(F)(CCCCCC)(CCCCCC)CCCCCC. The molecule has 2 heteroatoms. The number of hydrogen-bond acceptors (Lipinski definition) is 0. The second-order valence-corrected chi connectivity index (χ2v) is 14.4. The zero-order valence-electron chi connectivity index (χ0n) is 19.0. The van der Waals surface area contributed by atoms with Gasteiger partial charge in [-0.1, -0.05) is 0 Å². The van der Waals surface area contributed by atoms with Crippen molar-refractivity contribution in [2.45, 2.75) is 130 Å². The summed E-state index contributed by atoms with van der Waals surface area (Å²) in [5.74, 6) is 0. The molecule has 0 nitrogen and oxygen atoms in total. The average Bonchev–Trinajstić information content (AvgIpc) is 2.64. The van der Waals surface area contributed by atoms with E-state index in [9.17, 15) is 0 Å². The maximum atomic E-state index is 17.0. The number of halogens is 1. The summed E-state index contributed by atoms with van der Waals surface area (Å²) in [6.07, 6.45) is 23.6. The Morgan fingerprint density at radius 1 is 0.385 bits per heavy atom. The zero-order chi connectivity index (χ0) is 19.6. The normalized spacial score (nSPS) is 13.7. The van der Waals surface area contributed by atoms with Crippen LogP contribution in [0.4, 0.5) is 4.20 Å². The predicted octanol–water partition coefficient (Wildman–Crippen LogP) is 9.75. The molecule has 0 fully saturated rings. The van der Waals surface area contributed by atoms with Crippen LogP contribution >= 0.6 is 6.91 Å². The Morgan fingerprint density at radius 3 is 0.808 bits per heavy atom. The number of rotatable bonds is 20. The van der Waals surface area contributed by atoms with Gasteiger partial charge in [0.05, 0.1) is 0 Å². The van der Waals surface area contributed by atoms with Crippen molar-refractivity contribution in [2.24, 2.45) is 0 Å². The topological polar surface area (TPSA) is 0 Å². The van der Waals surface area contributed by atoms with Gasteiger partial charge in [0.15, 0.2) is 0 Å². The molecule has 0 aromatic rings. The van der Waals surface area contributed by atoms with E-state index in [0.29, 0.717) is 0 Å². The van der Waals surface area contributed by atoms with E-state index < -0.39 is 6.91 Å². The standard InChI is InChI=1S/C24H52FP/c1-5-9-13-17-21-26(25,22-18-14-10-6-2,23-19-15-11-7-3)24-20-16-12-8-4/h5-24H2,1-4H3. The van der Waals surface area contributed by atoms with Crippen LogP contribution in [0.25, 0.3) is 0 Å². The van der Waals surface area contributed by atoms with E-state index >= 15 is 4.20 Å². The van der Waals surface area contributed by atoms with Crippen molar-refractivity contribution in [3.05, 3.63) is 0 Å². The average molecular weight is 391 g/mol. The summed E-state index contributed by atoms with van der Waals surface area (Å²) in [6.45, 7) is 6.05. The van der Waals surface area contributed by atoms with Gasteiger partial charge < -0.3 is 0 Å². The van der Waals surface area contributed by atoms with Gasteiger partial charge in [-0.15, -0.1) is 0 Å². The van der Waals surface area contributed by atoms with E-state index in [-0.39, 0.29) is 0 Å². The number of unbranched alkanes of at least 4 members (excludes halogenated alkanes) is 12. The third-order valence-corrected chi connectivity index (χ3v) is 12.0. The monoisotopic (exact) mass is 390 g/mol. The van der Waals surface area contributed by atoms with E-state index in [4.69, 9.17) is 0 Å². The molecule has 0 aliphatic rings. The quantitative estimate of drug-likeness (QED) is 0.143. The molecule has 0 aliphatic heterocycles. The molecule has 0 unspecified atom stereocenters. The summed E-state index contributed by atoms with van der Waals surface area (Å²) in [5.41, 5.74) is 0. The molecule has 0 spiro atoms. The van der Waals surface area contributed by atoms with Gasteiger partial charge in [-0.05, 0) is 0 Å². The van der Waals surface area contributed by atoms with Crippen molar-refractivity contribution >= 4 is 6.91 Å². The molecule has 0 bridgehead atoms. The molecule has 160 valence electrons. The summed E-state index contributed by atoms with van der Waals surface area (Å²) in [4.78, 5) is 0. The first kappa shape index (κ1) is 26.4. The summed E-state index contributed by atoms with van der Waals surface area (Å²) < 4.78 is 17.0. The van der Waals surface area contributed by atoms with E-state index in [0.717, 1.165) is 50.3 Å². The van der Waals surface area contributed by atoms with Crippen LogP contribution in [0.5, 0.6) is 0 Å². The summed E-state index contributed by atoms with van der Waals surface area (Å²) in [7, 11) is 0. The Hall–Kier alpha value is 0.360. The van der Waals surface area contributed by atoms with Crippen LogP contribution < -0.4 is 0 Å². The molecule has 0 aromatic carbocycles. The van der Waals surface area contributed by atoms with Crippen molar-refractivity contribution in [1.82, 2.24) is 0 Å². The fourth-order valence-corrected chi connectivity index (χ4v) is 9.80. The van der Waals surface area contributed by atoms with Gasteiger partial charge in [0.2, 0.25) is 0 Å². The van der Waals surface area contributed by atoms with Crippen molar-refractivity contribution < 1.29 is 4.20 Å². The second kappa shape index (κ2) is 16.3. The Balaban J connectivity index is 4.94. The Labute approximate surface area is 166 Å². The predicted molar refractivity (Wildman–Crippen MR) is 124 cm³/mol. The van der Waals surface area contributed by atoms with Gasteiger partial charge in [0.1, 0.15) is 0 Å². The van der Waals surface area contributed by atoms with Crippen LogP contribution in [0.2, 0.25) is 0 Å². The fraction of sp³-hybridized carbons (Fsp3) is 1.00. The van der Waals surface area contributed by atoms with Crippen molar-refractivity contribution in [2.75, 3.05) is 24.6 Å². The van der Waals surface area contributed by atoms with Gasteiger partial charge in [-0.25, -0.2) is 0 Å². The van der Waals surface area contributed by atoms with E-state index in [2.05, 4.69) is 27.7 Å². The van der Waals surface area contributed by atoms with Gasteiger partial charge >= 0.3 is 166 Å². The molecule has 0 aliphatic carbocycles. The minimum absolute atomic E-state index is 0.954. The molecule has 0 atom stereocenters. The molecule has 0 rings (SSSR count). The van der Waals surface area contributed by atoms with Crippen LogP contribution in [0.3, 0.4) is 0 Å². The van der Waals surface area contributed by atoms with Crippen LogP contribution in [-0.4, -0.2) is 24.6 Å². The number of hydrogen-bond donors (Lipinski definition) is 0. The molecule has 0 N–H and O–H groups in total. The molecule has 0 amide bonds. The molecular formula is C24H52FP. The van der Waals surface area contributed by atoms with E-state index in [1.54, 1.807) is 0 Å². The Bertz CT molecular complexity index is 243. The van der Waals surface area contributed by atoms with E-state index in [1.165, 1.54) is 77.0 Å². The van der Waals surface area contributed by atoms with Gasteiger partial charge in [-0.3, -0.25) is 0 Å². The van der Waals surface area contributed by atoms with Crippen LogP contribution in [-0.2, 0) is 0 Å². The van der Waals surface area contributed by atoms with Crippen molar-refractivity contribution in [1.29, 1.82) is 0 Å². The molecular weight excluding hydrogens is 338 g/mol. The molecule has 0 heterocycles. The zero-order valence-corrected chi connectivity index (χ0v) is 19.9. The molecule has 26 heavy (non-hydrogen) atoms. The third-order valence-electron chi connectivity index (χ3n) is 6.28. The second-order valence-electron chi connectivity index (χ2n) is 8.96. The van der Waals surface area contributed by atoms with Crippen molar-refractivity contribution in [3.8, 4) is 0 Å². The van der Waals surface area contributed by atoms with Gasteiger partial charge in [0.25, 0.3) is 0 Å². The fourth-order valence-electron chi connectivity index (χ4n) is 4.41. The Morgan fingerprint density at radius 2 is 0.615 bits per heavy atom. The third kappa shape index (κ3) is 12.7. The summed E-state index contributed by atoms with van der Waals surface area (Å²) in [5, 5.41) is 0. The molecule has 0 aromatic heterocycles. The maximum absolute atomic E-state index is 17.0. The minimum atomic E-state index is -2.99. The van der Waals surface area contributed by atoms with Crippen molar-refractivity contribution in [3.63, 3.8) is 0 Å². The van der Waals surface area contributed by atoms with Gasteiger partial charge in [0, 0.05) is 0 Å². The van der Waals surface area contributed by atoms with Crippen LogP contribution in [0.1, 0.15) is 130 Å². The molecule has 0 radical (unpaired) electrons. The Kier molecular flexibility index (Phi) is 16.6. The van der Waals surface area contributed by atoms with Gasteiger partial charge in [-0.2, -0.15) is 0 Å². The first-order valence-corrected chi connectivity index (χ1v) is 15.1. The molecule has 0 saturated carbocycles. The first-order valence-electron chi connectivity index (χ1n) is 12.3. The first-order chi connectivity index (χ1) is 12.5.